The molecule has 0 aromatic heterocycles. The van der Waals surface area contributed by atoms with E-state index in [0.717, 1.165) is 51.6 Å². The van der Waals surface area contributed by atoms with E-state index in [1.165, 1.54) is 6.42 Å². The largest absolute Gasteiger partial charge is 0.392 e. The Kier molecular flexibility index (Phi) is 4.19. The number of hydrogen-bond donors (Lipinski definition) is 1. The highest BCUT2D eigenvalue weighted by atomic mass is 32.1. The molecule has 2 N–H and O–H groups in total. The predicted octanol–water partition coefficient (Wildman–Crippen LogP) is 2.87. The molecule has 1 saturated carbocycles. The van der Waals surface area contributed by atoms with Crippen molar-refractivity contribution in [3.63, 3.8) is 0 Å². The minimum absolute atomic E-state index is 0.204. The molecular formula is C15H26N2OS. The van der Waals surface area contributed by atoms with E-state index in [9.17, 15) is 4.79 Å². The Hall–Kier alpha value is -0.640. The number of piperidine rings is 1. The van der Waals surface area contributed by atoms with Crippen LogP contribution < -0.4 is 5.73 Å². The summed E-state index contributed by atoms with van der Waals surface area (Å²) in [5, 5.41) is 0. The molecule has 0 aromatic carbocycles. The number of nitrogens with zero attached hydrogens (tertiary/aromatic N) is 1. The van der Waals surface area contributed by atoms with Gasteiger partial charge >= 0.3 is 0 Å². The van der Waals surface area contributed by atoms with E-state index in [4.69, 9.17) is 18.0 Å². The van der Waals surface area contributed by atoms with Gasteiger partial charge in [0.15, 0.2) is 0 Å². The van der Waals surface area contributed by atoms with Crippen molar-refractivity contribution in [1.29, 1.82) is 0 Å². The highest BCUT2D eigenvalue weighted by Crippen LogP contribution is 2.42. The van der Waals surface area contributed by atoms with Crippen LogP contribution in [0.25, 0.3) is 0 Å². The molecule has 0 bridgehead atoms. The van der Waals surface area contributed by atoms with Crippen molar-refractivity contribution < 1.29 is 4.79 Å². The van der Waals surface area contributed by atoms with Gasteiger partial charge in [-0.25, -0.2) is 0 Å². The highest BCUT2D eigenvalue weighted by molar-refractivity contribution is 7.80. The number of carbonyl (C=O) groups is 1. The van der Waals surface area contributed by atoms with Gasteiger partial charge < -0.3 is 10.6 Å². The van der Waals surface area contributed by atoms with Gasteiger partial charge in [0.25, 0.3) is 0 Å². The molecule has 0 unspecified atom stereocenters. The van der Waals surface area contributed by atoms with E-state index < -0.39 is 5.41 Å². The molecule has 2 rings (SSSR count). The molecule has 1 aliphatic carbocycles. The molecule has 108 valence electrons. The van der Waals surface area contributed by atoms with E-state index in [1.807, 2.05) is 4.90 Å². The van der Waals surface area contributed by atoms with Gasteiger partial charge in [-0.1, -0.05) is 45.3 Å². The third-order valence-electron chi connectivity index (χ3n) is 5.45. The van der Waals surface area contributed by atoms with Gasteiger partial charge in [0, 0.05) is 13.1 Å². The predicted molar refractivity (Wildman–Crippen MR) is 81.9 cm³/mol. The third-order valence-corrected chi connectivity index (χ3v) is 5.84. The number of thiocarbonyl (C=S) groups is 1. The lowest BCUT2D eigenvalue weighted by molar-refractivity contribution is -0.140. The molecule has 4 heteroatoms. The van der Waals surface area contributed by atoms with Crippen LogP contribution in [0.5, 0.6) is 0 Å². The van der Waals surface area contributed by atoms with Gasteiger partial charge in [-0.3, -0.25) is 4.79 Å². The summed E-state index contributed by atoms with van der Waals surface area (Å²) in [4.78, 5) is 15.3. The first-order valence-corrected chi connectivity index (χ1v) is 7.94. The quantitative estimate of drug-likeness (QED) is 0.810. The monoisotopic (exact) mass is 282 g/mol. The Morgan fingerprint density at radius 2 is 1.74 bits per heavy atom. The van der Waals surface area contributed by atoms with Crippen LogP contribution in [0.3, 0.4) is 0 Å². The summed E-state index contributed by atoms with van der Waals surface area (Å²) in [6.45, 7) is 6.31. The molecule has 2 fully saturated rings. The van der Waals surface area contributed by atoms with Gasteiger partial charge in [-0.15, -0.1) is 0 Å². The average molecular weight is 282 g/mol. The highest BCUT2D eigenvalue weighted by Gasteiger charge is 2.47. The standard InChI is InChI=1S/C15H26N2OS/c1-3-14(2)8-10-17(11-9-14)13(18)15(12(16)19)6-4-5-7-15/h3-11H2,1-2H3,(H2,16,19). The normalized spacial score (nSPS) is 25.3. The molecule has 19 heavy (non-hydrogen) atoms. The Bertz CT molecular complexity index is 366. The van der Waals surface area contributed by atoms with Crippen molar-refractivity contribution in [1.82, 2.24) is 4.90 Å². The summed E-state index contributed by atoms with van der Waals surface area (Å²) >= 11 is 5.21. The van der Waals surface area contributed by atoms with Crippen LogP contribution in [-0.4, -0.2) is 28.9 Å². The van der Waals surface area contributed by atoms with Gasteiger partial charge in [0.2, 0.25) is 5.91 Å². The zero-order valence-corrected chi connectivity index (χ0v) is 13.0. The van der Waals surface area contributed by atoms with E-state index in [-0.39, 0.29) is 5.91 Å². The maximum absolute atomic E-state index is 12.8. The minimum Gasteiger partial charge on any atom is -0.392 e. The molecule has 1 aliphatic heterocycles. The molecule has 1 heterocycles. The summed E-state index contributed by atoms with van der Waals surface area (Å²) in [5.74, 6) is 0.204. The first-order chi connectivity index (χ1) is 8.93. The summed E-state index contributed by atoms with van der Waals surface area (Å²) in [7, 11) is 0. The van der Waals surface area contributed by atoms with Crippen LogP contribution >= 0.6 is 12.2 Å². The van der Waals surface area contributed by atoms with Crippen LogP contribution in [0.15, 0.2) is 0 Å². The molecule has 0 aromatic rings. The maximum Gasteiger partial charge on any atom is 0.235 e. The van der Waals surface area contributed by atoms with Gasteiger partial charge in [0.05, 0.1) is 10.4 Å². The van der Waals surface area contributed by atoms with Crippen LogP contribution in [0, 0.1) is 10.8 Å². The molecule has 0 radical (unpaired) electrons. The Morgan fingerprint density at radius 3 is 2.16 bits per heavy atom. The maximum atomic E-state index is 12.8. The topological polar surface area (TPSA) is 46.3 Å². The molecule has 0 spiro atoms. The van der Waals surface area contributed by atoms with Crippen molar-refractivity contribution in [2.45, 2.75) is 58.8 Å². The summed E-state index contributed by atoms with van der Waals surface area (Å²) in [5.41, 5.74) is 5.79. The zero-order valence-electron chi connectivity index (χ0n) is 12.2. The first-order valence-electron chi connectivity index (χ1n) is 7.53. The fraction of sp³-hybridized carbons (Fsp3) is 0.867. The number of nitrogens with two attached hydrogens (primary N) is 1. The van der Waals surface area contributed by atoms with Crippen LogP contribution in [-0.2, 0) is 4.79 Å². The first kappa shape index (κ1) is 14.8. The second-order valence-corrected chi connectivity index (χ2v) is 7.05. The smallest absolute Gasteiger partial charge is 0.235 e. The minimum atomic E-state index is -0.519. The van der Waals surface area contributed by atoms with E-state index in [0.29, 0.717) is 10.4 Å². The number of hydrogen-bond acceptors (Lipinski definition) is 2. The van der Waals surface area contributed by atoms with Gasteiger partial charge in [0.1, 0.15) is 0 Å². The molecule has 3 nitrogen and oxygen atoms in total. The van der Waals surface area contributed by atoms with E-state index in [2.05, 4.69) is 13.8 Å². The van der Waals surface area contributed by atoms with Gasteiger partial charge in [-0.05, 0) is 31.1 Å². The fourth-order valence-electron chi connectivity index (χ4n) is 3.45. The number of rotatable bonds is 3. The summed E-state index contributed by atoms with van der Waals surface area (Å²) in [6, 6.07) is 0. The molecule has 1 saturated heterocycles. The number of carbonyl (C=O) groups excluding carboxylic acids is 1. The average Bonchev–Trinajstić information content (AvgIpc) is 2.89. The molecule has 1 amide bonds. The van der Waals surface area contributed by atoms with Crippen LogP contribution in [0.4, 0.5) is 0 Å². The Labute approximate surface area is 121 Å². The van der Waals surface area contributed by atoms with Crippen molar-refractivity contribution in [2.24, 2.45) is 16.6 Å². The van der Waals surface area contributed by atoms with Crippen molar-refractivity contribution in [2.75, 3.05) is 13.1 Å². The zero-order chi connectivity index (χ0) is 14.1. The third kappa shape index (κ3) is 2.64. The number of amides is 1. The van der Waals surface area contributed by atoms with Crippen molar-refractivity contribution in [3.8, 4) is 0 Å². The Morgan fingerprint density at radius 1 is 1.21 bits per heavy atom. The van der Waals surface area contributed by atoms with Crippen LogP contribution in [0.2, 0.25) is 0 Å². The van der Waals surface area contributed by atoms with Gasteiger partial charge in [-0.2, -0.15) is 0 Å². The second-order valence-electron chi connectivity index (χ2n) is 6.61. The summed E-state index contributed by atoms with van der Waals surface area (Å²) < 4.78 is 0. The molecule has 2 aliphatic rings. The molecule has 0 atom stereocenters. The Balaban J connectivity index is 2.06. The van der Waals surface area contributed by atoms with E-state index in [1.54, 1.807) is 0 Å². The summed E-state index contributed by atoms with van der Waals surface area (Å²) in [6.07, 6.45) is 7.24. The lowest BCUT2D eigenvalue weighted by Gasteiger charge is -2.42. The lowest BCUT2D eigenvalue weighted by atomic mass is 9.77. The van der Waals surface area contributed by atoms with Crippen LogP contribution in [0.1, 0.15) is 58.8 Å². The number of likely N-dealkylation sites (tertiary alicyclic amines) is 1. The van der Waals surface area contributed by atoms with E-state index >= 15 is 0 Å². The molecular weight excluding hydrogens is 256 g/mol. The van der Waals surface area contributed by atoms with Crippen molar-refractivity contribution >= 4 is 23.1 Å². The fourth-order valence-corrected chi connectivity index (χ4v) is 3.74. The van der Waals surface area contributed by atoms with Crippen molar-refractivity contribution in [3.05, 3.63) is 0 Å². The SMILES string of the molecule is CCC1(C)CCN(C(=O)C2(C(N)=S)CCCC2)CC1. The lowest BCUT2D eigenvalue weighted by Crippen LogP contribution is -2.52. The second kappa shape index (κ2) is 5.39.